The highest BCUT2D eigenvalue weighted by Gasteiger charge is 2.32. The molecule has 0 spiro atoms. The SMILES string of the molecule is CC(C)C(C)(O)CN1CCNCC1C#N. The molecule has 86 valence electrons. The minimum absolute atomic E-state index is 0.107. The van der Waals surface area contributed by atoms with Crippen LogP contribution in [0.1, 0.15) is 20.8 Å². The van der Waals surface area contributed by atoms with E-state index < -0.39 is 5.60 Å². The van der Waals surface area contributed by atoms with Crippen LogP contribution in [0.15, 0.2) is 0 Å². The van der Waals surface area contributed by atoms with Gasteiger partial charge in [0, 0.05) is 26.2 Å². The minimum Gasteiger partial charge on any atom is -0.389 e. The molecule has 1 fully saturated rings. The first-order chi connectivity index (χ1) is 6.97. The van der Waals surface area contributed by atoms with Gasteiger partial charge in [-0.3, -0.25) is 4.90 Å². The highest BCUT2D eigenvalue weighted by atomic mass is 16.3. The summed E-state index contributed by atoms with van der Waals surface area (Å²) in [5, 5.41) is 22.4. The van der Waals surface area contributed by atoms with E-state index in [-0.39, 0.29) is 12.0 Å². The van der Waals surface area contributed by atoms with Gasteiger partial charge in [-0.05, 0) is 12.8 Å². The molecule has 1 aliphatic rings. The molecular weight excluding hydrogens is 190 g/mol. The molecule has 0 bridgehead atoms. The smallest absolute Gasteiger partial charge is 0.110 e. The Morgan fingerprint density at radius 3 is 2.87 bits per heavy atom. The van der Waals surface area contributed by atoms with Crippen LogP contribution in [0.5, 0.6) is 0 Å². The Morgan fingerprint density at radius 1 is 1.67 bits per heavy atom. The summed E-state index contributed by atoms with van der Waals surface area (Å²) in [5.74, 6) is 0.201. The molecule has 15 heavy (non-hydrogen) atoms. The topological polar surface area (TPSA) is 59.3 Å². The van der Waals surface area contributed by atoms with E-state index in [0.717, 1.165) is 13.1 Å². The van der Waals surface area contributed by atoms with E-state index in [9.17, 15) is 5.11 Å². The highest BCUT2D eigenvalue weighted by molar-refractivity contribution is 4.98. The monoisotopic (exact) mass is 211 g/mol. The number of hydrogen-bond donors (Lipinski definition) is 2. The van der Waals surface area contributed by atoms with Gasteiger partial charge in [0.1, 0.15) is 6.04 Å². The number of rotatable bonds is 3. The number of β-amino-alcohol motifs (C(OH)–C–C–N with tert-alkyl or cyclic N) is 1. The molecule has 0 amide bonds. The van der Waals surface area contributed by atoms with Gasteiger partial charge in [0.25, 0.3) is 0 Å². The Labute approximate surface area is 91.9 Å². The summed E-state index contributed by atoms with van der Waals surface area (Å²) in [6.45, 7) is 8.85. The first-order valence-electron chi connectivity index (χ1n) is 5.54. The summed E-state index contributed by atoms with van der Waals surface area (Å²) in [6, 6.07) is 2.16. The summed E-state index contributed by atoms with van der Waals surface area (Å²) in [5.41, 5.74) is -0.716. The second kappa shape index (κ2) is 4.93. The van der Waals surface area contributed by atoms with Crippen LogP contribution in [0, 0.1) is 17.2 Å². The van der Waals surface area contributed by atoms with Gasteiger partial charge in [-0.25, -0.2) is 0 Å². The molecule has 1 saturated heterocycles. The zero-order valence-electron chi connectivity index (χ0n) is 9.82. The fraction of sp³-hybridized carbons (Fsp3) is 0.909. The molecule has 2 N–H and O–H groups in total. The van der Waals surface area contributed by atoms with E-state index in [2.05, 4.69) is 16.3 Å². The van der Waals surface area contributed by atoms with Crippen LogP contribution in [0.4, 0.5) is 0 Å². The molecule has 0 aromatic rings. The van der Waals surface area contributed by atoms with Crippen molar-refractivity contribution in [2.45, 2.75) is 32.4 Å². The van der Waals surface area contributed by atoms with Crippen LogP contribution in [0.3, 0.4) is 0 Å². The first kappa shape index (κ1) is 12.4. The van der Waals surface area contributed by atoms with Crippen LogP contribution in [0.2, 0.25) is 0 Å². The molecule has 0 aromatic heterocycles. The van der Waals surface area contributed by atoms with E-state index in [1.165, 1.54) is 0 Å². The van der Waals surface area contributed by atoms with Crippen molar-refractivity contribution in [3.8, 4) is 6.07 Å². The maximum atomic E-state index is 10.2. The maximum absolute atomic E-state index is 10.2. The van der Waals surface area contributed by atoms with Crippen molar-refractivity contribution < 1.29 is 5.11 Å². The van der Waals surface area contributed by atoms with E-state index in [0.29, 0.717) is 13.1 Å². The van der Waals surface area contributed by atoms with Crippen molar-refractivity contribution in [2.75, 3.05) is 26.2 Å². The number of piperazine rings is 1. The molecule has 4 nitrogen and oxygen atoms in total. The molecule has 0 aromatic carbocycles. The zero-order valence-corrected chi connectivity index (χ0v) is 9.82. The average molecular weight is 211 g/mol. The third-order valence-electron chi connectivity index (χ3n) is 3.27. The Morgan fingerprint density at radius 2 is 2.33 bits per heavy atom. The lowest BCUT2D eigenvalue weighted by atomic mass is 9.91. The van der Waals surface area contributed by atoms with E-state index in [4.69, 9.17) is 5.26 Å². The van der Waals surface area contributed by atoms with E-state index in [1.807, 2.05) is 20.8 Å². The summed E-state index contributed by atoms with van der Waals surface area (Å²) in [6.07, 6.45) is 0. The summed E-state index contributed by atoms with van der Waals surface area (Å²) >= 11 is 0. The van der Waals surface area contributed by atoms with Gasteiger partial charge in [0.15, 0.2) is 0 Å². The quantitative estimate of drug-likeness (QED) is 0.699. The molecule has 2 unspecified atom stereocenters. The Hall–Kier alpha value is -0.630. The van der Waals surface area contributed by atoms with E-state index >= 15 is 0 Å². The highest BCUT2D eigenvalue weighted by Crippen LogP contribution is 2.19. The van der Waals surface area contributed by atoms with Gasteiger partial charge < -0.3 is 10.4 Å². The summed E-state index contributed by atoms with van der Waals surface area (Å²) in [4.78, 5) is 2.07. The van der Waals surface area contributed by atoms with Crippen LogP contribution in [0.25, 0.3) is 0 Å². The fourth-order valence-electron chi connectivity index (χ4n) is 1.66. The zero-order chi connectivity index (χ0) is 11.5. The normalized spacial score (nSPS) is 27.3. The number of aliphatic hydroxyl groups is 1. The maximum Gasteiger partial charge on any atom is 0.110 e. The van der Waals surface area contributed by atoms with Crippen LogP contribution >= 0.6 is 0 Å². The van der Waals surface area contributed by atoms with Gasteiger partial charge in [0.2, 0.25) is 0 Å². The summed E-state index contributed by atoms with van der Waals surface area (Å²) in [7, 11) is 0. The second-order valence-corrected chi connectivity index (χ2v) is 4.83. The molecular formula is C11H21N3O. The molecule has 1 rings (SSSR count). The average Bonchev–Trinajstić information content (AvgIpc) is 2.18. The minimum atomic E-state index is -0.716. The lowest BCUT2D eigenvalue weighted by Gasteiger charge is -2.38. The van der Waals surface area contributed by atoms with Crippen molar-refractivity contribution in [3.63, 3.8) is 0 Å². The molecule has 1 aliphatic heterocycles. The number of hydrogen-bond acceptors (Lipinski definition) is 4. The van der Waals surface area contributed by atoms with Crippen LogP contribution in [-0.2, 0) is 0 Å². The van der Waals surface area contributed by atoms with Gasteiger partial charge in [-0.1, -0.05) is 13.8 Å². The fourth-order valence-corrected chi connectivity index (χ4v) is 1.66. The standard InChI is InChI=1S/C11H21N3O/c1-9(2)11(3,15)8-14-5-4-13-7-10(14)6-12/h9-10,13,15H,4-5,7-8H2,1-3H3. The predicted octanol–water partition coefficient (Wildman–Crippen LogP) is 0.191. The predicted molar refractivity (Wildman–Crippen MR) is 59.3 cm³/mol. The van der Waals surface area contributed by atoms with Crippen LogP contribution < -0.4 is 5.32 Å². The Balaban J connectivity index is 2.59. The van der Waals surface area contributed by atoms with Gasteiger partial charge in [0.05, 0.1) is 11.7 Å². The molecule has 4 heteroatoms. The number of nitrogens with zero attached hydrogens (tertiary/aromatic N) is 2. The molecule has 0 radical (unpaired) electrons. The van der Waals surface area contributed by atoms with Crippen molar-refractivity contribution in [2.24, 2.45) is 5.92 Å². The third kappa shape index (κ3) is 3.16. The molecule has 2 atom stereocenters. The number of nitriles is 1. The van der Waals surface area contributed by atoms with Crippen molar-refractivity contribution in [3.05, 3.63) is 0 Å². The summed E-state index contributed by atoms with van der Waals surface area (Å²) < 4.78 is 0. The van der Waals surface area contributed by atoms with Crippen molar-refractivity contribution in [1.82, 2.24) is 10.2 Å². The van der Waals surface area contributed by atoms with Crippen LogP contribution in [-0.4, -0.2) is 47.8 Å². The van der Waals surface area contributed by atoms with Crippen molar-refractivity contribution >= 4 is 0 Å². The number of nitrogens with one attached hydrogen (secondary N) is 1. The lowest BCUT2D eigenvalue weighted by molar-refractivity contribution is -0.0274. The van der Waals surface area contributed by atoms with E-state index in [1.54, 1.807) is 0 Å². The van der Waals surface area contributed by atoms with Gasteiger partial charge in [-0.2, -0.15) is 5.26 Å². The molecule has 0 saturated carbocycles. The van der Waals surface area contributed by atoms with Crippen molar-refractivity contribution in [1.29, 1.82) is 5.26 Å². The van der Waals surface area contributed by atoms with Gasteiger partial charge >= 0.3 is 0 Å². The Bertz CT molecular complexity index is 245. The Kier molecular flexibility index (Phi) is 4.09. The second-order valence-electron chi connectivity index (χ2n) is 4.83. The largest absolute Gasteiger partial charge is 0.389 e. The molecule has 1 heterocycles. The first-order valence-corrected chi connectivity index (χ1v) is 5.54. The van der Waals surface area contributed by atoms with Gasteiger partial charge in [-0.15, -0.1) is 0 Å². The lowest BCUT2D eigenvalue weighted by Crippen LogP contribution is -2.56. The third-order valence-corrected chi connectivity index (χ3v) is 3.27. The molecule has 0 aliphatic carbocycles.